The molecule has 112 valence electrons. The van der Waals surface area contributed by atoms with Gasteiger partial charge in [0.05, 0.1) is 11.5 Å². The summed E-state index contributed by atoms with van der Waals surface area (Å²) in [6, 6.07) is 6.44. The van der Waals surface area contributed by atoms with Gasteiger partial charge in [0.1, 0.15) is 0 Å². The van der Waals surface area contributed by atoms with Crippen molar-refractivity contribution >= 4 is 21.6 Å². The number of sulfonamides is 1. The van der Waals surface area contributed by atoms with E-state index in [-0.39, 0.29) is 10.8 Å². The van der Waals surface area contributed by atoms with E-state index in [1.807, 2.05) is 6.92 Å². The van der Waals surface area contributed by atoms with E-state index in [4.69, 9.17) is 16.3 Å². The van der Waals surface area contributed by atoms with E-state index < -0.39 is 10.0 Å². The first-order chi connectivity index (χ1) is 9.54. The zero-order chi connectivity index (χ0) is 14.6. The molecule has 6 heteroatoms. The molecule has 1 heterocycles. The number of ether oxygens (including phenoxy) is 1. The van der Waals surface area contributed by atoms with Gasteiger partial charge in [-0.05, 0) is 37.0 Å². The third-order valence-electron chi connectivity index (χ3n) is 3.39. The molecule has 1 aliphatic heterocycles. The molecular formula is C14H20ClNO3S. The number of hydrogen-bond acceptors (Lipinski definition) is 3. The van der Waals surface area contributed by atoms with Crippen LogP contribution in [0.3, 0.4) is 0 Å². The number of rotatable bonds is 6. The minimum Gasteiger partial charge on any atom is -0.381 e. The van der Waals surface area contributed by atoms with Gasteiger partial charge >= 0.3 is 0 Å². The number of nitrogens with zero attached hydrogens (tertiary/aromatic N) is 1. The van der Waals surface area contributed by atoms with Crippen molar-refractivity contribution in [3.8, 4) is 0 Å². The maximum atomic E-state index is 12.7. The van der Waals surface area contributed by atoms with Crippen LogP contribution in [0, 0.1) is 5.92 Å². The molecule has 0 aromatic heterocycles. The Morgan fingerprint density at radius 3 is 2.85 bits per heavy atom. The summed E-state index contributed by atoms with van der Waals surface area (Å²) in [5.41, 5.74) is 0. The zero-order valence-corrected chi connectivity index (χ0v) is 13.2. The van der Waals surface area contributed by atoms with Crippen molar-refractivity contribution in [1.29, 1.82) is 0 Å². The maximum Gasteiger partial charge on any atom is 0.243 e. The third kappa shape index (κ3) is 3.73. The second-order valence-electron chi connectivity index (χ2n) is 5.05. The molecule has 2 rings (SSSR count). The van der Waals surface area contributed by atoms with Crippen molar-refractivity contribution < 1.29 is 13.2 Å². The van der Waals surface area contributed by atoms with E-state index in [2.05, 4.69) is 0 Å². The second kappa shape index (κ2) is 6.89. The quantitative estimate of drug-likeness (QED) is 0.810. The summed E-state index contributed by atoms with van der Waals surface area (Å²) < 4.78 is 32.3. The van der Waals surface area contributed by atoms with Crippen molar-refractivity contribution in [3.05, 3.63) is 29.3 Å². The van der Waals surface area contributed by atoms with Gasteiger partial charge in [-0.1, -0.05) is 24.6 Å². The Morgan fingerprint density at radius 1 is 1.45 bits per heavy atom. The van der Waals surface area contributed by atoms with Gasteiger partial charge in [-0.3, -0.25) is 0 Å². The predicted octanol–water partition coefficient (Wildman–Crippen LogP) is 2.78. The Kier molecular flexibility index (Phi) is 5.43. The molecule has 4 nitrogen and oxygen atoms in total. The van der Waals surface area contributed by atoms with Gasteiger partial charge in [0.25, 0.3) is 0 Å². The smallest absolute Gasteiger partial charge is 0.243 e. The molecule has 1 aromatic carbocycles. The molecule has 1 aromatic rings. The fraction of sp³-hybridized carbons (Fsp3) is 0.571. The van der Waals surface area contributed by atoms with E-state index in [0.717, 1.165) is 19.4 Å². The first-order valence-electron chi connectivity index (χ1n) is 6.87. The Hall–Kier alpha value is -0.620. The van der Waals surface area contributed by atoms with Gasteiger partial charge in [-0.15, -0.1) is 0 Å². The Labute approximate surface area is 125 Å². The van der Waals surface area contributed by atoms with Crippen LogP contribution in [0.2, 0.25) is 5.02 Å². The Bertz CT molecular complexity index is 541. The third-order valence-corrected chi connectivity index (χ3v) is 5.49. The molecule has 0 amide bonds. The lowest BCUT2D eigenvalue weighted by atomic mass is 10.1. The van der Waals surface area contributed by atoms with Crippen LogP contribution in [0.4, 0.5) is 0 Å². The van der Waals surface area contributed by atoms with Crippen LogP contribution < -0.4 is 0 Å². The molecule has 1 fully saturated rings. The molecule has 0 saturated carbocycles. The van der Waals surface area contributed by atoms with Crippen molar-refractivity contribution in [3.63, 3.8) is 0 Å². The first kappa shape index (κ1) is 15.8. The minimum atomic E-state index is -3.48. The van der Waals surface area contributed by atoms with Crippen LogP contribution in [0.25, 0.3) is 0 Å². The Balaban J connectivity index is 2.21. The van der Waals surface area contributed by atoms with Gasteiger partial charge in [0, 0.05) is 24.7 Å². The average molecular weight is 318 g/mol. The fourth-order valence-corrected chi connectivity index (χ4v) is 4.26. The van der Waals surface area contributed by atoms with E-state index >= 15 is 0 Å². The summed E-state index contributed by atoms with van der Waals surface area (Å²) in [5, 5.41) is 0.437. The molecule has 0 radical (unpaired) electrons. The van der Waals surface area contributed by atoms with Crippen LogP contribution in [0.15, 0.2) is 29.2 Å². The highest BCUT2D eigenvalue weighted by atomic mass is 35.5. The second-order valence-corrected chi connectivity index (χ2v) is 7.42. The first-order valence-corrected chi connectivity index (χ1v) is 8.69. The number of benzene rings is 1. The molecule has 0 N–H and O–H groups in total. The lowest BCUT2D eigenvalue weighted by Crippen LogP contribution is -2.36. The van der Waals surface area contributed by atoms with Gasteiger partial charge < -0.3 is 4.74 Å². The molecule has 0 spiro atoms. The van der Waals surface area contributed by atoms with Crippen LogP contribution >= 0.6 is 11.6 Å². The van der Waals surface area contributed by atoms with Crippen molar-refractivity contribution in [2.45, 2.75) is 24.7 Å². The van der Waals surface area contributed by atoms with Crippen molar-refractivity contribution in [1.82, 2.24) is 4.31 Å². The predicted molar refractivity (Wildman–Crippen MR) is 79.4 cm³/mol. The highest BCUT2D eigenvalue weighted by Gasteiger charge is 2.28. The van der Waals surface area contributed by atoms with Gasteiger partial charge in [0.2, 0.25) is 10.0 Å². The van der Waals surface area contributed by atoms with Gasteiger partial charge in [-0.25, -0.2) is 8.42 Å². The fourth-order valence-electron chi connectivity index (χ4n) is 2.35. The lowest BCUT2D eigenvalue weighted by Gasteiger charge is -2.24. The molecule has 0 bridgehead atoms. The van der Waals surface area contributed by atoms with Crippen LogP contribution in [0.5, 0.6) is 0 Å². The average Bonchev–Trinajstić information content (AvgIpc) is 2.91. The summed E-state index contributed by atoms with van der Waals surface area (Å²) in [7, 11) is -3.48. The summed E-state index contributed by atoms with van der Waals surface area (Å²) in [6.45, 7) is 4.38. The molecule has 0 aliphatic carbocycles. The number of hydrogen-bond donors (Lipinski definition) is 0. The van der Waals surface area contributed by atoms with Crippen LogP contribution in [0.1, 0.15) is 19.8 Å². The molecule has 1 aliphatic rings. The molecule has 20 heavy (non-hydrogen) atoms. The van der Waals surface area contributed by atoms with E-state index in [1.165, 1.54) is 6.07 Å². The van der Waals surface area contributed by atoms with Crippen LogP contribution in [-0.4, -0.2) is 39.0 Å². The molecule has 1 saturated heterocycles. The summed E-state index contributed by atoms with van der Waals surface area (Å²) in [5.74, 6) is 0.288. The summed E-state index contributed by atoms with van der Waals surface area (Å²) in [6.07, 6.45) is 1.71. The largest absolute Gasteiger partial charge is 0.381 e. The highest BCUT2D eigenvalue weighted by molar-refractivity contribution is 7.89. The van der Waals surface area contributed by atoms with Crippen molar-refractivity contribution in [2.75, 3.05) is 26.3 Å². The monoisotopic (exact) mass is 317 g/mol. The van der Waals surface area contributed by atoms with E-state index in [9.17, 15) is 8.42 Å². The molecule has 1 atom stereocenters. The molecular weight excluding hydrogens is 298 g/mol. The van der Waals surface area contributed by atoms with E-state index in [0.29, 0.717) is 24.7 Å². The van der Waals surface area contributed by atoms with Gasteiger partial charge in [-0.2, -0.15) is 4.31 Å². The lowest BCUT2D eigenvalue weighted by molar-refractivity contribution is 0.180. The topological polar surface area (TPSA) is 46.6 Å². The minimum absolute atomic E-state index is 0.261. The maximum absolute atomic E-state index is 12.7. The number of halogens is 1. The van der Waals surface area contributed by atoms with Crippen LogP contribution in [-0.2, 0) is 14.8 Å². The van der Waals surface area contributed by atoms with Gasteiger partial charge in [0.15, 0.2) is 0 Å². The highest BCUT2D eigenvalue weighted by Crippen LogP contribution is 2.23. The summed E-state index contributed by atoms with van der Waals surface area (Å²) in [4.78, 5) is 0.261. The van der Waals surface area contributed by atoms with E-state index in [1.54, 1.807) is 22.5 Å². The zero-order valence-electron chi connectivity index (χ0n) is 11.6. The molecule has 1 unspecified atom stereocenters. The van der Waals surface area contributed by atoms with Crippen molar-refractivity contribution in [2.24, 2.45) is 5.92 Å². The normalized spacial score (nSPS) is 19.6. The SMILES string of the molecule is CCCN(CC1CCOC1)S(=O)(=O)c1cccc(Cl)c1. The standard InChI is InChI=1S/C14H20ClNO3S/c1-2-7-16(10-12-6-8-19-11-12)20(17,18)14-5-3-4-13(15)9-14/h3-5,9,12H,2,6-8,10-11H2,1H3. The summed E-state index contributed by atoms with van der Waals surface area (Å²) >= 11 is 5.90. The Morgan fingerprint density at radius 2 is 2.25 bits per heavy atom.